The molecule has 0 aliphatic rings. The van der Waals surface area contributed by atoms with Crippen LogP contribution < -0.4 is 0 Å². The number of aromatic nitrogens is 3. The maximum absolute atomic E-state index is 11.4. The standard InChI is InChI=1S/C10H12BrN3O2S2/c1-6(5-18(2,15)16)14-9-8(13-10(14)17)3-7(11)4-12-9/h3-4,6H,5H2,1-2H3,(H,13,17). The van der Waals surface area contributed by atoms with Gasteiger partial charge in [0.15, 0.2) is 10.4 Å². The van der Waals surface area contributed by atoms with Crippen molar-refractivity contribution >= 4 is 49.1 Å². The van der Waals surface area contributed by atoms with E-state index in [1.807, 2.05) is 13.0 Å². The van der Waals surface area contributed by atoms with E-state index in [-0.39, 0.29) is 11.8 Å². The van der Waals surface area contributed by atoms with E-state index >= 15 is 0 Å². The molecule has 0 bridgehead atoms. The highest BCUT2D eigenvalue weighted by molar-refractivity contribution is 9.10. The van der Waals surface area contributed by atoms with E-state index in [1.165, 1.54) is 6.26 Å². The second-order valence-corrected chi connectivity index (χ2v) is 7.75. The van der Waals surface area contributed by atoms with E-state index in [4.69, 9.17) is 12.2 Å². The van der Waals surface area contributed by atoms with E-state index in [2.05, 4.69) is 25.9 Å². The Hall–Kier alpha value is -0.730. The Bertz CT molecular complexity index is 748. The fraction of sp³-hybridized carbons (Fsp3) is 0.400. The van der Waals surface area contributed by atoms with Crippen molar-refractivity contribution in [1.29, 1.82) is 0 Å². The Morgan fingerprint density at radius 1 is 1.61 bits per heavy atom. The molecule has 0 saturated heterocycles. The number of aromatic amines is 1. The first-order valence-corrected chi connectivity index (χ1v) is 8.47. The minimum absolute atomic E-state index is 0.0337. The van der Waals surface area contributed by atoms with Crippen LogP contribution in [0.5, 0.6) is 0 Å². The summed E-state index contributed by atoms with van der Waals surface area (Å²) >= 11 is 8.55. The number of H-pyrrole nitrogens is 1. The van der Waals surface area contributed by atoms with Crippen molar-refractivity contribution in [1.82, 2.24) is 14.5 Å². The molecule has 0 saturated carbocycles. The van der Waals surface area contributed by atoms with Crippen LogP contribution in [0, 0.1) is 4.77 Å². The molecule has 2 rings (SSSR count). The van der Waals surface area contributed by atoms with Crippen LogP contribution in [-0.4, -0.2) is 35.0 Å². The predicted molar refractivity (Wildman–Crippen MR) is 77.0 cm³/mol. The fourth-order valence-corrected chi connectivity index (χ4v) is 3.64. The number of hydrogen-bond acceptors (Lipinski definition) is 4. The third-order valence-corrected chi connectivity index (χ3v) is 4.33. The minimum atomic E-state index is -3.06. The molecule has 5 nitrogen and oxygen atoms in total. The van der Waals surface area contributed by atoms with Gasteiger partial charge in [0.2, 0.25) is 0 Å². The lowest BCUT2D eigenvalue weighted by molar-refractivity contribution is 0.564. The van der Waals surface area contributed by atoms with E-state index < -0.39 is 9.84 Å². The molecule has 2 aromatic rings. The van der Waals surface area contributed by atoms with E-state index in [0.717, 1.165) is 9.99 Å². The summed E-state index contributed by atoms with van der Waals surface area (Å²) in [7, 11) is -3.06. The molecule has 0 aliphatic carbocycles. The number of sulfone groups is 1. The zero-order chi connectivity index (χ0) is 13.5. The number of fused-ring (bicyclic) bond motifs is 1. The van der Waals surface area contributed by atoms with Gasteiger partial charge in [-0.15, -0.1) is 0 Å². The van der Waals surface area contributed by atoms with Gasteiger partial charge < -0.3 is 4.98 Å². The molecule has 18 heavy (non-hydrogen) atoms. The molecule has 1 unspecified atom stereocenters. The fourth-order valence-electron chi connectivity index (χ4n) is 1.91. The molecule has 0 aromatic carbocycles. The first kappa shape index (κ1) is 13.7. The molecule has 1 atom stereocenters. The Labute approximate surface area is 118 Å². The summed E-state index contributed by atoms with van der Waals surface area (Å²) in [6.07, 6.45) is 2.88. The van der Waals surface area contributed by atoms with Gasteiger partial charge in [0.05, 0.1) is 11.3 Å². The zero-order valence-corrected chi connectivity index (χ0v) is 13.1. The number of nitrogens with one attached hydrogen (secondary N) is 1. The monoisotopic (exact) mass is 349 g/mol. The van der Waals surface area contributed by atoms with Crippen LogP contribution in [0.3, 0.4) is 0 Å². The lowest BCUT2D eigenvalue weighted by Gasteiger charge is -2.12. The molecule has 2 heterocycles. The van der Waals surface area contributed by atoms with Crippen molar-refractivity contribution in [3.05, 3.63) is 21.5 Å². The van der Waals surface area contributed by atoms with E-state index in [0.29, 0.717) is 10.4 Å². The van der Waals surface area contributed by atoms with E-state index in [1.54, 1.807) is 10.8 Å². The van der Waals surface area contributed by atoms with Gasteiger partial charge in [0.1, 0.15) is 9.84 Å². The SMILES string of the molecule is CC(CS(C)(=O)=O)n1c(=S)[nH]c2cc(Br)cnc21. The number of pyridine rings is 1. The lowest BCUT2D eigenvalue weighted by Crippen LogP contribution is -2.16. The summed E-state index contributed by atoms with van der Waals surface area (Å²) in [5, 5.41) is 0. The third-order valence-electron chi connectivity index (χ3n) is 2.51. The third kappa shape index (κ3) is 2.81. The van der Waals surface area contributed by atoms with Gasteiger partial charge in [-0.1, -0.05) is 0 Å². The first-order valence-electron chi connectivity index (χ1n) is 5.21. The topological polar surface area (TPSA) is 67.8 Å². The molecule has 0 spiro atoms. The van der Waals surface area contributed by atoms with Crippen molar-refractivity contribution in [3.8, 4) is 0 Å². The van der Waals surface area contributed by atoms with Crippen LogP contribution in [0.1, 0.15) is 13.0 Å². The lowest BCUT2D eigenvalue weighted by atomic mass is 10.4. The van der Waals surface area contributed by atoms with Crippen LogP contribution in [-0.2, 0) is 9.84 Å². The van der Waals surface area contributed by atoms with Gasteiger partial charge in [-0.05, 0) is 41.1 Å². The first-order chi connectivity index (χ1) is 8.28. The molecular formula is C10H12BrN3O2S2. The van der Waals surface area contributed by atoms with Gasteiger partial charge >= 0.3 is 0 Å². The van der Waals surface area contributed by atoms with Gasteiger partial charge in [-0.25, -0.2) is 13.4 Å². The summed E-state index contributed by atoms with van der Waals surface area (Å²) in [4.78, 5) is 7.30. The van der Waals surface area contributed by atoms with Crippen LogP contribution >= 0.6 is 28.1 Å². The molecule has 0 aliphatic heterocycles. The second-order valence-electron chi connectivity index (χ2n) is 4.27. The summed E-state index contributed by atoms with van der Waals surface area (Å²) in [5.74, 6) is 0.0337. The molecular weight excluding hydrogens is 338 g/mol. The maximum Gasteiger partial charge on any atom is 0.179 e. The Kier molecular flexibility index (Phi) is 3.61. The average molecular weight is 350 g/mol. The van der Waals surface area contributed by atoms with Crippen molar-refractivity contribution in [3.63, 3.8) is 0 Å². The van der Waals surface area contributed by atoms with Crippen LogP contribution in [0.4, 0.5) is 0 Å². The average Bonchev–Trinajstić information content (AvgIpc) is 2.50. The highest BCUT2D eigenvalue weighted by atomic mass is 79.9. The van der Waals surface area contributed by atoms with Crippen LogP contribution in [0.25, 0.3) is 11.2 Å². The Morgan fingerprint density at radius 3 is 2.89 bits per heavy atom. The number of rotatable bonds is 3. The molecule has 0 amide bonds. The van der Waals surface area contributed by atoms with Crippen LogP contribution in [0.2, 0.25) is 0 Å². The van der Waals surface area contributed by atoms with Crippen molar-refractivity contribution in [2.45, 2.75) is 13.0 Å². The van der Waals surface area contributed by atoms with E-state index in [9.17, 15) is 8.42 Å². The zero-order valence-electron chi connectivity index (χ0n) is 9.84. The molecule has 2 aromatic heterocycles. The summed E-state index contributed by atoms with van der Waals surface area (Å²) in [6, 6.07) is 1.61. The Balaban J connectivity index is 2.57. The number of halogens is 1. The highest BCUT2D eigenvalue weighted by Gasteiger charge is 2.16. The van der Waals surface area contributed by atoms with Gasteiger partial charge in [-0.2, -0.15) is 0 Å². The highest BCUT2D eigenvalue weighted by Crippen LogP contribution is 2.21. The molecule has 0 fully saturated rings. The largest absolute Gasteiger partial charge is 0.329 e. The van der Waals surface area contributed by atoms with Crippen molar-refractivity contribution < 1.29 is 8.42 Å². The summed E-state index contributed by atoms with van der Waals surface area (Å²) in [5.41, 5.74) is 1.45. The number of imidazole rings is 1. The number of nitrogens with zero attached hydrogens (tertiary/aromatic N) is 2. The maximum atomic E-state index is 11.4. The van der Waals surface area contributed by atoms with Gasteiger partial charge in [0.25, 0.3) is 0 Å². The van der Waals surface area contributed by atoms with Gasteiger partial charge in [0, 0.05) is 23.0 Å². The molecule has 8 heteroatoms. The Morgan fingerprint density at radius 2 is 2.28 bits per heavy atom. The molecule has 0 radical (unpaired) electrons. The summed E-state index contributed by atoms with van der Waals surface area (Å²) < 4.78 is 25.8. The number of hydrogen-bond donors (Lipinski definition) is 1. The van der Waals surface area contributed by atoms with Crippen LogP contribution in [0.15, 0.2) is 16.7 Å². The minimum Gasteiger partial charge on any atom is -0.329 e. The smallest absolute Gasteiger partial charge is 0.179 e. The molecule has 1 N–H and O–H groups in total. The normalized spacial score (nSPS) is 13.9. The predicted octanol–water partition coefficient (Wildman–Crippen LogP) is 2.46. The summed E-state index contributed by atoms with van der Waals surface area (Å²) in [6.45, 7) is 1.81. The van der Waals surface area contributed by atoms with Crippen molar-refractivity contribution in [2.24, 2.45) is 0 Å². The quantitative estimate of drug-likeness (QED) is 0.864. The second kappa shape index (κ2) is 4.75. The van der Waals surface area contributed by atoms with Gasteiger partial charge in [-0.3, -0.25) is 4.57 Å². The molecule has 98 valence electrons. The van der Waals surface area contributed by atoms with Crippen molar-refractivity contribution in [2.75, 3.05) is 12.0 Å².